The van der Waals surface area contributed by atoms with Gasteiger partial charge in [0.25, 0.3) is 0 Å². The van der Waals surface area contributed by atoms with E-state index in [1.165, 1.54) is 13.2 Å². The fourth-order valence-electron chi connectivity index (χ4n) is 2.35. The number of nitrogens with zero attached hydrogens (tertiary/aromatic N) is 1. The second-order valence-corrected chi connectivity index (χ2v) is 6.61. The van der Waals surface area contributed by atoms with Gasteiger partial charge in [-0.1, -0.05) is 22.9 Å². The lowest BCUT2D eigenvalue weighted by atomic mass is 10.0. The van der Waals surface area contributed by atoms with Gasteiger partial charge in [0.2, 0.25) is 0 Å². The van der Waals surface area contributed by atoms with Crippen molar-refractivity contribution in [2.24, 2.45) is 5.92 Å². The van der Waals surface area contributed by atoms with E-state index in [9.17, 15) is 13.6 Å². The van der Waals surface area contributed by atoms with Crippen molar-refractivity contribution in [2.75, 3.05) is 12.4 Å². The maximum atomic E-state index is 14.1. The number of esters is 1. The third-order valence-electron chi connectivity index (χ3n) is 3.62. The summed E-state index contributed by atoms with van der Waals surface area (Å²) in [6.07, 6.45) is 1.83. The zero-order valence-electron chi connectivity index (χ0n) is 12.1. The fraction of sp³-hybridized carbons (Fsp3) is 0.333. The van der Waals surface area contributed by atoms with E-state index in [-0.39, 0.29) is 21.5 Å². The number of benzene rings is 1. The minimum Gasteiger partial charge on any atom is -0.465 e. The minimum absolute atomic E-state index is 0.0265. The van der Waals surface area contributed by atoms with Gasteiger partial charge in [-0.15, -0.1) is 0 Å². The van der Waals surface area contributed by atoms with Crippen molar-refractivity contribution in [2.45, 2.75) is 18.9 Å². The van der Waals surface area contributed by atoms with Crippen LogP contribution in [0.3, 0.4) is 0 Å². The molecule has 1 heterocycles. The van der Waals surface area contributed by atoms with Crippen molar-refractivity contribution in [3.8, 4) is 0 Å². The van der Waals surface area contributed by atoms with Gasteiger partial charge >= 0.3 is 5.97 Å². The zero-order valence-corrected chi connectivity index (χ0v) is 13.7. The van der Waals surface area contributed by atoms with E-state index in [1.54, 1.807) is 0 Å². The monoisotopic (exact) mass is 358 g/mol. The summed E-state index contributed by atoms with van der Waals surface area (Å²) >= 11 is 6.95. The molecule has 0 spiro atoms. The van der Waals surface area contributed by atoms with Crippen molar-refractivity contribution in [3.63, 3.8) is 0 Å². The molecule has 1 unspecified atom stereocenters. The molecule has 4 nitrogen and oxygen atoms in total. The number of thiazole rings is 1. The first-order valence-electron chi connectivity index (χ1n) is 6.95. The number of methoxy groups -OCH3 is 1. The van der Waals surface area contributed by atoms with Crippen molar-refractivity contribution < 1.29 is 18.3 Å². The number of hydrogen-bond donors (Lipinski definition) is 1. The van der Waals surface area contributed by atoms with Crippen LogP contribution in [0, 0.1) is 17.6 Å². The molecule has 1 atom stereocenters. The second-order valence-electron chi connectivity index (χ2n) is 5.26. The molecule has 0 amide bonds. The van der Waals surface area contributed by atoms with Crippen LogP contribution in [-0.4, -0.2) is 18.1 Å². The van der Waals surface area contributed by atoms with Gasteiger partial charge in [-0.25, -0.2) is 18.6 Å². The summed E-state index contributed by atoms with van der Waals surface area (Å²) in [5.41, 5.74) is 0.249. The number of ether oxygens (including phenoxy) is 1. The normalized spacial score (nSPS) is 15.3. The second kappa shape index (κ2) is 6.41. The maximum absolute atomic E-state index is 14.1. The van der Waals surface area contributed by atoms with Gasteiger partial charge in [0.05, 0.1) is 13.2 Å². The molecule has 23 heavy (non-hydrogen) atoms. The van der Waals surface area contributed by atoms with Crippen LogP contribution in [0.25, 0.3) is 0 Å². The Morgan fingerprint density at radius 3 is 2.87 bits per heavy atom. The molecule has 1 fully saturated rings. The molecule has 122 valence electrons. The van der Waals surface area contributed by atoms with Crippen molar-refractivity contribution >= 4 is 34.0 Å². The number of aromatic nitrogens is 1. The van der Waals surface area contributed by atoms with Gasteiger partial charge in [0, 0.05) is 5.56 Å². The Labute approximate surface area is 140 Å². The molecule has 2 aromatic rings. The number of carbonyl (C=O) groups is 1. The van der Waals surface area contributed by atoms with Gasteiger partial charge in [0.15, 0.2) is 15.2 Å². The van der Waals surface area contributed by atoms with Gasteiger partial charge in [-0.3, -0.25) is 0 Å². The molecule has 1 aromatic carbocycles. The molecule has 0 saturated heterocycles. The van der Waals surface area contributed by atoms with Crippen LogP contribution in [0.1, 0.15) is 34.1 Å². The van der Waals surface area contributed by atoms with Crippen molar-refractivity contribution in [1.29, 1.82) is 0 Å². The number of rotatable bonds is 5. The van der Waals surface area contributed by atoms with Crippen LogP contribution in [-0.2, 0) is 4.74 Å². The predicted octanol–water partition coefficient (Wildman–Crippen LogP) is 4.42. The Bertz CT molecular complexity index is 749. The topological polar surface area (TPSA) is 51.2 Å². The molecule has 1 N–H and O–H groups in total. The third-order valence-corrected chi connectivity index (χ3v) is 4.97. The Kier molecular flexibility index (Phi) is 4.50. The highest BCUT2D eigenvalue weighted by Crippen LogP contribution is 2.44. The molecular weight excluding hydrogens is 346 g/mol. The highest BCUT2D eigenvalue weighted by molar-refractivity contribution is 7.18. The van der Waals surface area contributed by atoms with Gasteiger partial charge < -0.3 is 10.1 Å². The van der Waals surface area contributed by atoms with E-state index >= 15 is 0 Å². The van der Waals surface area contributed by atoms with E-state index < -0.39 is 23.6 Å². The summed E-state index contributed by atoms with van der Waals surface area (Å²) in [5.74, 6) is -1.37. The van der Waals surface area contributed by atoms with Gasteiger partial charge in [0.1, 0.15) is 11.6 Å². The number of hydrogen-bond acceptors (Lipinski definition) is 5. The lowest BCUT2D eigenvalue weighted by Crippen LogP contribution is -2.14. The lowest BCUT2D eigenvalue weighted by molar-refractivity contribution is 0.0606. The Hall–Kier alpha value is -1.73. The highest BCUT2D eigenvalue weighted by atomic mass is 35.5. The van der Waals surface area contributed by atoms with Crippen molar-refractivity contribution in [3.05, 3.63) is 45.4 Å². The number of halogens is 3. The summed E-state index contributed by atoms with van der Waals surface area (Å²) < 4.78 is 32.1. The Balaban J connectivity index is 1.89. The van der Waals surface area contributed by atoms with E-state index in [2.05, 4.69) is 15.0 Å². The smallest absolute Gasteiger partial charge is 0.351 e. The largest absolute Gasteiger partial charge is 0.465 e. The summed E-state index contributed by atoms with van der Waals surface area (Å²) in [6.45, 7) is 0. The first-order valence-corrected chi connectivity index (χ1v) is 8.15. The molecule has 8 heteroatoms. The molecule has 0 bridgehead atoms. The highest BCUT2D eigenvalue weighted by Gasteiger charge is 2.35. The van der Waals surface area contributed by atoms with Crippen molar-refractivity contribution in [1.82, 2.24) is 4.98 Å². The maximum Gasteiger partial charge on any atom is 0.351 e. The molecule has 1 aliphatic carbocycles. The van der Waals surface area contributed by atoms with E-state index in [1.807, 2.05) is 0 Å². The van der Waals surface area contributed by atoms with E-state index in [0.717, 1.165) is 36.3 Å². The quantitative estimate of drug-likeness (QED) is 0.803. The number of nitrogens with one attached hydrogen (secondary N) is 1. The summed E-state index contributed by atoms with van der Waals surface area (Å²) in [6, 6.07) is 2.95. The van der Waals surface area contributed by atoms with Crippen LogP contribution in [0.4, 0.5) is 13.9 Å². The predicted molar refractivity (Wildman–Crippen MR) is 83.9 cm³/mol. The Morgan fingerprint density at radius 1 is 1.48 bits per heavy atom. The summed E-state index contributed by atoms with van der Waals surface area (Å²) in [7, 11) is 1.25. The zero-order chi connectivity index (χ0) is 16.6. The van der Waals surface area contributed by atoms with Crippen LogP contribution < -0.4 is 5.32 Å². The van der Waals surface area contributed by atoms with Crippen LogP contribution >= 0.6 is 22.9 Å². The van der Waals surface area contributed by atoms with E-state index in [0.29, 0.717) is 5.13 Å². The first-order chi connectivity index (χ1) is 11.0. The molecule has 0 aliphatic heterocycles. The van der Waals surface area contributed by atoms with Crippen LogP contribution in [0.2, 0.25) is 5.15 Å². The molecule has 1 aliphatic rings. The third kappa shape index (κ3) is 3.45. The summed E-state index contributed by atoms with van der Waals surface area (Å²) in [4.78, 5) is 15.8. The average Bonchev–Trinajstić information content (AvgIpc) is 3.30. The lowest BCUT2D eigenvalue weighted by Gasteiger charge is -2.18. The average molecular weight is 359 g/mol. The molecule has 0 radical (unpaired) electrons. The molecule has 3 rings (SSSR count). The standard InChI is InChI=1S/C15H13ClF2N2O2S/c1-22-14(21)12-13(16)20-15(23-12)19-11(7-2-3-7)9-6-8(17)4-5-10(9)18/h4-7,11H,2-3H2,1H3,(H,19,20). The van der Waals surface area contributed by atoms with Gasteiger partial charge in [-0.2, -0.15) is 0 Å². The summed E-state index contributed by atoms with van der Waals surface area (Å²) in [5, 5.41) is 3.47. The fourth-order valence-corrected chi connectivity index (χ4v) is 3.49. The molecule has 1 aromatic heterocycles. The number of anilines is 1. The minimum atomic E-state index is -0.583. The number of carbonyl (C=O) groups excluding carboxylic acids is 1. The molecule has 1 saturated carbocycles. The Morgan fingerprint density at radius 2 is 2.22 bits per heavy atom. The van der Waals surface area contributed by atoms with E-state index in [4.69, 9.17) is 11.6 Å². The SMILES string of the molecule is COC(=O)c1sc(NC(c2cc(F)ccc2F)C2CC2)nc1Cl. The van der Waals surface area contributed by atoms with Gasteiger partial charge in [-0.05, 0) is 37.0 Å². The van der Waals surface area contributed by atoms with Crippen LogP contribution in [0.15, 0.2) is 18.2 Å². The molecular formula is C15H13ClF2N2O2S. The van der Waals surface area contributed by atoms with Crippen LogP contribution in [0.5, 0.6) is 0 Å². The first kappa shape index (κ1) is 16.1.